The lowest BCUT2D eigenvalue weighted by atomic mass is 9.87. The number of nitrogens with zero attached hydrogens (tertiary/aromatic N) is 2. The molecule has 0 bridgehead atoms. The Hall–Kier alpha value is -2.54. The van der Waals surface area contributed by atoms with E-state index in [1.165, 1.54) is 6.08 Å². The second-order valence-corrected chi connectivity index (χ2v) is 7.71. The first-order valence-electron chi connectivity index (χ1n) is 8.58. The maximum absolute atomic E-state index is 12.5. The summed E-state index contributed by atoms with van der Waals surface area (Å²) in [5.41, 5.74) is 2.08. The maximum atomic E-state index is 12.5. The molecule has 1 N–H and O–H groups in total. The molecule has 1 aliphatic heterocycles. The van der Waals surface area contributed by atoms with Crippen LogP contribution in [0.4, 0.5) is 0 Å². The molecule has 3 rings (SSSR count). The summed E-state index contributed by atoms with van der Waals surface area (Å²) in [6, 6.07) is 6.85. The van der Waals surface area contributed by atoms with Gasteiger partial charge in [0.1, 0.15) is 0 Å². The van der Waals surface area contributed by atoms with Crippen LogP contribution in [0, 0.1) is 11.8 Å². The fraction of sp³-hybridized carbons (Fsp3) is 0.300. The van der Waals surface area contributed by atoms with Gasteiger partial charge in [-0.25, -0.2) is 0 Å². The van der Waals surface area contributed by atoms with Gasteiger partial charge in [0, 0.05) is 41.1 Å². The summed E-state index contributed by atoms with van der Waals surface area (Å²) in [5.74, 6) is -2.53. The summed E-state index contributed by atoms with van der Waals surface area (Å²) in [4.78, 5) is 36.0. The fourth-order valence-electron chi connectivity index (χ4n) is 3.22. The number of benzene rings is 1. The number of hydrogen-bond acceptors (Lipinski definition) is 5. The Kier molecular flexibility index (Phi) is 5.70. The lowest BCUT2D eigenvalue weighted by Gasteiger charge is -2.22. The quantitative estimate of drug-likeness (QED) is 0.698. The molecule has 1 aliphatic carbocycles. The molecule has 1 heterocycles. The number of ketones is 2. The van der Waals surface area contributed by atoms with Crippen molar-refractivity contribution >= 4 is 39.7 Å². The molecule has 1 aromatic rings. The van der Waals surface area contributed by atoms with E-state index in [2.05, 4.69) is 21.0 Å². The maximum Gasteiger partial charge on any atom is 0.307 e. The minimum Gasteiger partial charge on any atom is -0.481 e. The van der Waals surface area contributed by atoms with Crippen LogP contribution in [0.25, 0.3) is 0 Å². The van der Waals surface area contributed by atoms with Gasteiger partial charge in [0.15, 0.2) is 11.6 Å². The van der Waals surface area contributed by atoms with Crippen molar-refractivity contribution in [1.29, 1.82) is 0 Å². The molecule has 0 amide bonds. The number of aliphatic carboxylic acids is 1. The first kappa shape index (κ1) is 19.2. The van der Waals surface area contributed by atoms with Crippen molar-refractivity contribution < 1.29 is 19.5 Å². The topological polar surface area (TPSA) is 87.0 Å². The Morgan fingerprint density at radius 3 is 2.63 bits per heavy atom. The lowest BCUT2D eigenvalue weighted by Crippen LogP contribution is -2.31. The number of allylic oxidation sites excluding steroid dienone is 3. The van der Waals surface area contributed by atoms with Crippen molar-refractivity contribution in [3.63, 3.8) is 0 Å². The third-order valence-corrected chi connectivity index (χ3v) is 5.17. The first-order valence-corrected chi connectivity index (χ1v) is 9.37. The first-order chi connectivity index (χ1) is 12.8. The fourth-order valence-corrected chi connectivity index (χ4v) is 3.49. The Morgan fingerprint density at radius 1 is 1.30 bits per heavy atom. The Morgan fingerprint density at radius 2 is 2.00 bits per heavy atom. The molecule has 0 spiro atoms. The molecule has 0 saturated heterocycles. The minimum atomic E-state index is -1.03. The van der Waals surface area contributed by atoms with Gasteiger partial charge in [0.05, 0.1) is 18.2 Å². The van der Waals surface area contributed by atoms with Crippen LogP contribution in [0.5, 0.6) is 0 Å². The number of hydrogen-bond donors (Lipinski definition) is 1. The molecule has 7 heteroatoms. The van der Waals surface area contributed by atoms with Crippen molar-refractivity contribution in [2.24, 2.45) is 16.9 Å². The Bertz CT molecular complexity index is 870. The second kappa shape index (κ2) is 8.00. The molecule has 0 aromatic heterocycles. The Balaban J connectivity index is 1.71. The van der Waals surface area contributed by atoms with Crippen molar-refractivity contribution in [3.8, 4) is 0 Å². The molecular weight excluding hydrogens is 412 g/mol. The second-order valence-electron chi connectivity index (χ2n) is 6.79. The zero-order chi connectivity index (χ0) is 19.6. The van der Waals surface area contributed by atoms with Crippen LogP contribution in [0.1, 0.15) is 30.1 Å². The summed E-state index contributed by atoms with van der Waals surface area (Å²) in [6.07, 6.45) is 5.26. The third kappa shape index (κ3) is 4.60. The highest BCUT2D eigenvalue weighted by atomic mass is 79.9. The van der Waals surface area contributed by atoms with Gasteiger partial charge in [0.2, 0.25) is 0 Å². The summed E-state index contributed by atoms with van der Waals surface area (Å²) >= 11 is 3.31. The summed E-state index contributed by atoms with van der Waals surface area (Å²) in [5, 5.41) is 15.5. The minimum absolute atomic E-state index is 0.00357. The van der Waals surface area contributed by atoms with Crippen LogP contribution in [0.3, 0.4) is 0 Å². The molecule has 1 aromatic carbocycles. The van der Waals surface area contributed by atoms with E-state index in [1.54, 1.807) is 35.5 Å². The molecule has 2 aliphatic rings. The largest absolute Gasteiger partial charge is 0.481 e. The number of carbonyl (C=O) groups is 3. The molecule has 6 nitrogen and oxygen atoms in total. The summed E-state index contributed by atoms with van der Waals surface area (Å²) in [6.45, 7) is 2.20. The zero-order valence-corrected chi connectivity index (χ0v) is 16.3. The molecule has 0 radical (unpaired) electrons. The third-order valence-electron chi connectivity index (χ3n) is 4.64. The highest BCUT2D eigenvalue weighted by Gasteiger charge is 2.34. The standard InChI is InChI=1S/C20H19BrN2O4/c1-12-6-16(8-17(24)7-12)23-11-14(10-22-23)18(20(26)27)9-19(25)13-2-4-15(21)5-3-13/h2-6,8,10,14,18H,7,9,11H2,1H3,(H,26,27)/t14-,18+/m1/s1. The molecule has 0 saturated carbocycles. The van der Waals surface area contributed by atoms with Crippen LogP contribution >= 0.6 is 15.9 Å². The van der Waals surface area contributed by atoms with E-state index in [4.69, 9.17) is 0 Å². The molecule has 0 fully saturated rings. The van der Waals surface area contributed by atoms with Gasteiger partial charge in [-0.3, -0.25) is 19.4 Å². The average molecular weight is 431 g/mol. The molecule has 27 heavy (non-hydrogen) atoms. The van der Waals surface area contributed by atoms with Gasteiger partial charge in [-0.15, -0.1) is 0 Å². The van der Waals surface area contributed by atoms with Crippen molar-refractivity contribution in [1.82, 2.24) is 5.01 Å². The molecule has 2 atom stereocenters. The predicted molar refractivity (Wildman–Crippen MR) is 104 cm³/mol. The summed E-state index contributed by atoms with van der Waals surface area (Å²) in [7, 11) is 0. The van der Waals surface area contributed by atoms with E-state index in [0.717, 1.165) is 10.0 Å². The van der Waals surface area contributed by atoms with Crippen LogP contribution in [0.2, 0.25) is 0 Å². The number of carboxylic acids is 1. The molecule has 140 valence electrons. The molecular formula is C20H19BrN2O4. The van der Waals surface area contributed by atoms with Gasteiger partial charge in [-0.1, -0.05) is 33.6 Å². The van der Waals surface area contributed by atoms with Gasteiger partial charge < -0.3 is 5.11 Å². The monoisotopic (exact) mass is 430 g/mol. The van der Waals surface area contributed by atoms with Crippen molar-refractivity contribution in [3.05, 3.63) is 57.7 Å². The number of carboxylic acid groups (broad SMARTS) is 1. The zero-order valence-electron chi connectivity index (χ0n) is 14.8. The van der Waals surface area contributed by atoms with Gasteiger partial charge in [0.25, 0.3) is 0 Å². The summed E-state index contributed by atoms with van der Waals surface area (Å²) < 4.78 is 0.853. The highest BCUT2D eigenvalue weighted by Crippen LogP contribution is 2.27. The number of Topliss-reactive ketones (excluding diaryl/α,β-unsaturated/α-hetero) is 1. The number of carbonyl (C=O) groups excluding carboxylic acids is 2. The van der Waals surface area contributed by atoms with Crippen LogP contribution in [-0.4, -0.2) is 40.4 Å². The van der Waals surface area contributed by atoms with E-state index in [-0.39, 0.29) is 18.0 Å². The average Bonchev–Trinajstić information content (AvgIpc) is 3.08. The normalized spacial score (nSPS) is 20.3. The van der Waals surface area contributed by atoms with Crippen LogP contribution < -0.4 is 0 Å². The van der Waals surface area contributed by atoms with E-state index in [1.807, 2.05) is 13.0 Å². The van der Waals surface area contributed by atoms with Crippen LogP contribution in [-0.2, 0) is 9.59 Å². The molecule has 0 unspecified atom stereocenters. The van der Waals surface area contributed by atoms with Crippen LogP contribution in [0.15, 0.2) is 57.3 Å². The van der Waals surface area contributed by atoms with E-state index < -0.39 is 17.8 Å². The van der Waals surface area contributed by atoms with Gasteiger partial charge in [-0.05, 0) is 25.1 Å². The lowest BCUT2D eigenvalue weighted by molar-refractivity contribution is -0.142. The highest BCUT2D eigenvalue weighted by molar-refractivity contribution is 9.10. The Labute approximate surface area is 165 Å². The smallest absolute Gasteiger partial charge is 0.307 e. The van der Waals surface area contributed by atoms with Gasteiger partial charge >= 0.3 is 5.97 Å². The number of halogens is 1. The van der Waals surface area contributed by atoms with Crippen molar-refractivity contribution in [2.75, 3.05) is 6.54 Å². The van der Waals surface area contributed by atoms with E-state index >= 15 is 0 Å². The van der Waals surface area contributed by atoms with Gasteiger partial charge in [-0.2, -0.15) is 5.10 Å². The van der Waals surface area contributed by atoms with Crippen molar-refractivity contribution in [2.45, 2.75) is 19.8 Å². The van der Waals surface area contributed by atoms with E-state index in [9.17, 15) is 19.5 Å². The van der Waals surface area contributed by atoms with E-state index in [0.29, 0.717) is 24.2 Å². The predicted octanol–water partition coefficient (Wildman–Crippen LogP) is 3.44. The number of hydrazone groups is 1. The number of rotatable bonds is 6. The SMILES string of the molecule is CC1=CC(N2C[C@H]([C@H](CC(=O)c3ccc(Br)cc3)C(=O)O)C=N2)=CC(=O)C1.